The molecule has 0 bridgehead atoms. The highest BCUT2D eigenvalue weighted by Crippen LogP contribution is 2.37. The minimum Gasteiger partial charge on any atom is -0.378 e. The summed E-state index contributed by atoms with van der Waals surface area (Å²) in [6.07, 6.45) is 9.60. The summed E-state index contributed by atoms with van der Waals surface area (Å²) in [6, 6.07) is 8.93. The Labute approximate surface area is 212 Å². The zero-order valence-electron chi connectivity index (χ0n) is 21.3. The zero-order chi connectivity index (χ0) is 25.3. The van der Waals surface area contributed by atoms with Crippen molar-refractivity contribution in [3.05, 3.63) is 54.2 Å². The van der Waals surface area contributed by atoms with E-state index in [0.717, 1.165) is 52.7 Å². The number of ether oxygens (including phenoxy) is 1. The molecular formula is C29H34FN3O2Si. The average Bonchev–Trinajstić information content (AvgIpc) is 3.45. The lowest BCUT2D eigenvalue weighted by Crippen LogP contribution is -2.29. The number of aromatic nitrogens is 3. The van der Waals surface area contributed by atoms with Gasteiger partial charge in [0.2, 0.25) is 0 Å². The lowest BCUT2D eigenvalue weighted by molar-refractivity contribution is 0.0610. The molecule has 0 atom stereocenters. The maximum Gasteiger partial charge on any atom is 0.150 e. The zero-order valence-corrected chi connectivity index (χ0v) is 22.3. The van der Waals surface area contributed by atoms with Gasteiger partial charge in [0, 0.05) is 54.5 Å². The standard InChI is InChI=1S/C29H34FN3O2Si/c1-36(2,3)16-15-35-20-33-19-24(27-22-10-14-31-28(22)32-18-25(27)30)23-17-21(7-8-26(23)33)9-13-29(34)11-5-4-6-12-29/h7-8,10,14,17-19,34H,4-6,11-12,15-16,20H2,1-3H3,(H,31,32). The van der Waals surface area contributed by atoms with E-state index in [0.29, 0.717) is 37.4 Å². The Kier molecular flexibility index (Phi) is 6.77. The highest BCUT2D eigenvalue weighted by molar-refractivity contribution is 6.76. The summed E-state index contributed by atoms with van der Waals surface area (Å²) < 4.78 is 23.3. The second kappa shape index (κ2) is 9.85. The van der Waals surface area contributed by atoms with Crippen LogP contribution >= 0.6 is 0 Å². The van der Waals surface area contributed by atoms with Crippen LogP contribution in [0.25, 0.3) is 33.1 Å². The first-order valence-electron chi connectivity index (χ1n) is 12.8. The van der Waals surface area contributed by atoms with Gasteiger partial charge in [-0.2, -0.15) is 0 Å². The van der Waals surface area contributed by atoms with E-state index in [1.807, 2.05) is 35.0 Å². The van der Waals surface area contributed by atoms with Crippen LogP contribution in [0.5, 0.6) is 0 Å². The third kappa shape index (κ3) is 5.26. The molecule has 0 radical (unpaired) electrons. The molecule has 1 aliphatic rings. The van der Waals surface area contributed by atoms with Crippen LogP contribution in [0, 0.1) is 17.7 Å². The molecule has 188 valence electrons. The van der Waals surface area contributed by atoms with Crippen LogP contribution in [0.4, 0.5) is 4.39 Å². The van der Waals surface area contributed by atoms with Gasteiger partial charge in [0.25, 0.3) is 0 Å². The Morgan fingerprint density at radius 3 is 2.75 bits per heavy atom. The van der Waals surface area contributed by atoms with Crippen LogP contribution in [0.3, 0.4) is 0 Å². The van der Waals surface area contributed by atoms with Gasteiger partial charge in [-0.25, -0.2) is 9.37 Å². The molecule has 0 amide bonds. The van der Waals surface area contributed by atoms with Gasteiger partial charge in [0.1, 0.15) is 23.8 Å². The van der Waals surface area contributed by atoms with Gasteiger partial charge in [-0.3, -0.25) is 0 Å². The van der Waals surface area contributed by atoms with Crippen molar-refractivity contribution in [2.75, 3.05) is 6.61 Å². The van der Waals surface area contributed by atoms with Gasteiger partial charge in [-0.1, -0.05) is 37.9 Å². The maximum absolute atomic E-state index is 15.2. The molecular weight excluding hydrogens is 469 g/mol. The van der Waals surface area contributed by atoms with Crippen molar-refractivity contribution in [1.82, 2.24) is 14.5 Å². The van der Waals surface area contributed by atoms with E-state index in [4.69, 9.17) is 4.74 Å². The molecule has 2 N–H and O–H groups in total. The number of aliphatic hydroxyl groups is 1. The Balaban J connectivity index is 1.56. The fraction of sp³-hybridized carbons (Fsp3) is 0.414. The number of nitrogens with zero attached hydrogens (tertiary/aromatic N) is 2. The normalized spacial score (nSPS) is 15.8. The minimum atomic E-state index is -1.19. The quantitative estimate of drug-likeness (QED) is 0.175. The number of rotatable bonds is 6. The molecule has 7 heteroatoms. The van der Waals surface area contributed by atoms with Gasteiger partial charge in [-0.15, -0.1) is 0 Å². The molecule has 0 unspecified atom stereocenters. The number of H-pyrrole nitrogens is 1. The first kappa shape index (κ1) is 24.8. The molecule has 3 heterocycles. The summed E-state index contributed by atoms with van der Waals surface area (Å²) in [4.78, 5) is 7.28. The third-order valence-corrected chi connectivity index (χ3v) is 8.74. The molecule has 36 heavy (non-hydrogen) atoms. The Hall–Kier alpha value is -2.92. The lowest BCUT2D eigenvalue weighted by atomic mass is 9.85. The molecule has 1 fully saturated rings. The Morgan fingerprint density at radius 1 is 1.17 bits per heavy atom. The lowest BCUT2D eigenvalue weighted by Gasteiger charge is -2.26. The highest BCUT2D eigenvalue weighted by atomic mass is 28.3. The molecule has 4 aromatic rings. The number of nitrogens with one attached hydrogen (secondary N) is 1. The predicted octanol–water partition coefficient (Wildman–Crippen LogP) is 6.68. The van der Waals surface area contributed by atoms with E-state index in [-0.39, 0.29) is 5.82 Å². The average molecular weight is 504 g/mol. The molecule has 1 aliphatic carbocycles. The van der Waals surface area contributed by atoms with Crippen LogP contribution in [0.2, 0.25) is 25.7 Å². The van der Waals surface area contributed by atoms with Crippen LogP contribution < -0.4 is 0 Å². The van der Waals surface area contributed by atoms with Gasteiger partial charge in [-0.05, 0) is 56.0 Å². The van der Waals surface area contributed by atoms with E-state index in [1.165, 1.54) is 6.20 Å². The number of hydrogen-bond donors (Lipinski definition) is 2. The number of halogens is 1. The summed E-state index contributed by atoms with van der Waals surface area (Å²) in [6.45, 7) is 8.11. The van der Waals surface area contributed by atoms with E-state index in [9.17, 15) is 5.11 Å². The predicted molar refractivity (Wildman–Crippen MR) is 146 cm³/mol. The fourth-order valence-electron chi connectivity index (χ4n) is 4.93. The third-order valence-electron chi connectivity index (χ3n) is 7.04. The second-order valence-corrected chi connectivity index (χ2v) is 16.8. The van der Waals surface area contributed by atoms with Crippen molar-refractivity contribution >= 4 is 30.0 Å². The molecule has 1 aromatic carbocycles. The summed E-state index contributed by atoms with van der Waals surface area (Å²) in [5, 5.41) is 12.5. The number of hydrogen-bond acceptors (Lipinski definition) is 3. The summed E-state index contributed by atoms with van der Waals surface area (Å²) in [5.41, 5.74) is 2.79. The van der Waals surface area contributed by atoms with Crippen molar-refractivity contribution < 1.29 is 14.2 Å². The van der Waals surface area contributed by atoms with Gasteiger partial charge < -0.3 is 19.4 Å². The van der Waals surface area contributed by atoms with Crippen LogP contribution in [0.1, 0.15) is 37.7 Å². The monoisotopic (exact) mass is 503 g/mol. The Morgan fingerprint density at radius 2 is 1.97 bits per heavy atom. The molecule has 0 saturated heterocycles. The molecule has 1 saturated carbocycles. The topological polar surface area (TPSA) is 63.1 Å². The smallest absolute Gasteiger partial charge is 0.150 e. The van der Waals surface area contributed by atoms with Gasteiger partial charge in [0.05, 0.1) is 11.7 Å². The van der Waals surface area contributed by atoms with Crippen molar-refractivity contribution in [1.29, 1.82) is 0 Å². The van der Waals surface area contributed by atoms with Crippen molar-refractivity contribution in [2.45, 2.75) is 70.1 Å². The Bertz CT molecular complexity index is 1450. The fourth-order valence-corrected chi connectivity index (χ4v) is 5.69. The number of benzene rings is 1. The van der Waals surface area contributed by atoms with E-state index in [2.05, 4.69) is 41.4 Å². The summed E-state index contributed by atoms with van der Waals surface area (Å²) >= 11 is 0. The molecule has 5 rings (SSSR count). The van der Waals surface area contributed by atoms with Gasteiger partial charge >= 0.3 is 0 Å². The minimum absolute atomic E-state index is 0.367. The van der Waals surface area contributed by atoms with Gasteiger partial charge in [0.15, 0.2) is 0 Å². The van der Waals surface area contributed by atoms with E-state index >= 15 is 4.39 Å². The summed E-state index contributed by atoms with van der Waals surface area (Å²) in [5.74, 6) is 5.96. The second-order valence-electron chi connectivity index (χ2n) is 11.2. The highest BCUT2D eigenvalue weighted by Gasteiger charge is 2.26. The first-order valence-corrected chi connectivity index (χ1v) is 16.5. The molecule has 0 spiro atoms. The molecule has 5 nitrogen and oxygen atoms in total. The van der Waals surface area contributed by atoms with Crippen LogP contribution in [0.15, 0.2) is 42.9 Å². The number of aromatic amines is 1. The molecule has 0 aliphatic heterocycles. The molecule has 3 aromatic heterocycles. The van der Waals surface area contributed by atoms with Crippen LogP contribution in [-0.2, 0) is 11.5 Å². The summed E-state index contributed by atoms with van der Waals surface area (Å²) in [7, 11) is -1.19. The SMILES string of the molecule is C[Si](C)(C)CCOCn1cc(-c2c(F)cnc3[nH]ccc23)c2cc(C#CC3(O)CCCCC3)ccc21. The maximum atomic E-state index is 15.2. The van der Waals surface area contributed by atoms with Crippen LogP contribution in [-0.4, -0.2) is 39.9 Å². The van der Waals surface area contributed by atoms with Crippen molar-refractivity contribution in [3.8, 4) is 23.0 Å². The van der Waals surface area contributed by atoms with E-state index in [1.54, 1.807) is 6.20 Å². The van der Waals surface area contributed by atoms with Crippen molar-refractivity contribution in [3.63, 3.8) is 0 Å². The first-order chi connectivity index (χ1) is 17.2. The van der Waals surface area contributed by atoms with Crippen molar-refractivity contribution in [2.24, 2.45) is 0 Å². The van der Waals surface area contributed by atoms with E-state index < -0.39 is 13.7 Å². The largest absolute Gasteiger partial charge is 0.378 e. The number of fused-ring (bicyclic) bond motifs is 2. The number of pyridine rings is 1.